The Hall–Kier alpha value is -3.92. The lowest BCUT2D eigenvalue weighted by Gasteiger charge is -2.32. The first kappa shape index (κ1) is 20.4. The van der Waals surface area contributed by atoms with Crippen molar-refractivity contribution in [1.29, 1.82) is 5.26 Å². The normalized spacial score (nSPS) is 19.0. The third-order valence-corrected chi connectivity index (χ3v) is 5.59. The minimum absolute atomic E-state index is 0.0565. The molecule has 4 rings (SSSR count). The Balaban J connectivity index is 1.89. The zero-order chi connectivity index (χ0) is 22.0. The van der Waals surface area contributed by atoms with E-state index in [9.17, 15) is 14.9 Å². The third-order valence-electron chi connectivity index (χ3n) is 5.59. The fourth-order valence-electron chi connectivity index (χ4n) is 3.89. The molecule has 0 spiro atoms. The Morgan fingerprint density at radius 2 is 2.03 bits per heavy atom. The van der Waals surface area contributed by atoms with Crippen LogP contribution in [0.2, 0.25) is 0 Å². The van der Waals surface area contributed by atoms with Gasteiger partial charge < -0.3 is 14.6 Å². The van der Waals surface area contributed by atoms with Crippen molar-refractivity contribution in [2.45, 2.75) is 31.7 Å². The van der Waals surface area contributed by atoms with E-state index in [1.807, 2.05) is 24.6 Å². The average Bonchev–Trinajstić information content (AvgIpc) is 3.19. The van der Waals surface area contributed by atoms with Gasteiger partial charge in [-0.3, -0.25) is 9.59 Å². The number of nitriles is 1. The summed E-state index contributed by atoms with van der Waals surface area (Å²) in [5, 5.41) is 12.7. The Kier molecular flexibility index (Phi) is 5.30. The fourth-order valence-corrected chi connectivity index (χ4v) is 3.89. The van der Waals surface area contributed by atoms with Gasteiger partial charge in [-0.2, -0.15) is 5.26 Å². The van der Waals surface area contributed by atoms with Crippen LogP contribution in [0.3, 0.4) is 0 Å². The van der Waals surface area contributed by atoms with Crippen molar-refractivity contribution < 1.29 is 14.3 Å². The van der Waals surface area contributed by atoms with Crippen molar-refractivity contribution in [1.82, 2.24) is 14.9 Å². The highest BCUT2D eigenvalue weighted by Gasteiger charge is 2.34. The number of hydrogen-bond acceptors (Lipinski definition) is 5. The summed E-state index contributed by atoms with van der Waals surface area (Å²) in [6, 6.07) is 14.3. The number of hydrogen-bond donors (Lipinski definition) is 1. The summed E-state index contributed by atoms with van der Waals surface area (Å²) in [5.41, 5.74) is 1.49. The summed E-state index contributed by atoms with van der Waals surface area (Å²) in [4.78, 5) is 29.6. The Labute approximate surface area is 180 Å². The monoisotopic (exact) mass is 414 g/mol. The van der Waals surface area contributed by atoms with Crippen molar-refractivity contribution in [2.24, 2.45) is 7.05 Å². The second-order valence-electron chi connectivity index (χ2n) is 7.79. The number of ketones is 1. The molecule has 1 aliphatic rings. The number of rotatable bonds is 1. The van der Waals surface area contributed by atoms with Crippen molar-refractivity contribution in [3.63, 3.8) is 0 Å². The van der Waals surface area contributed by atoms with Gasteiger partial charge in [0.05, 0.1) is 23.8 Å². The standard InChI is InChI=1S/C24H22N4O3/c1-24(22-14-26-15-28(22)2)18-10-9-17(13-25)21(12-18)31-19-6-3-5-16(11-19)20(29)7-4-8-23(30)27-24/h3,5-6,9-12,14-15H,4,7-8H2,1-2H3,(H,27,30). The first-order valence-corrected chi connectivity index (χ1v) is 10.0. The van der Waals surface area contributed by atoms with Gasteiger partial charge in [0.2, 0.25) is 5.91 Å². The van der Waals surface area contributed by atoms with Gasteiger partial charge >= 0.3 is 0 Å². The lowest BCUT2D eigenvalue weighted by Crippen LogP contribution is -2.45. The van der Waals surface area contributed by atoms with Gasteiger partial charge in [-0.15, -0.1) is 0 Å². The molecule has 2 heterocycles. The van der Waals surface area contributed by atoms with Crippen molar-refractivity contribution in [3.8, 4) is 17.6 Å². The predicted molar refractivity (Wildman–Crippen MR) is 114 cm³/mol. The van der Waals surface area contributed by atoms with Crippen LogP contribution in [0.15, 0.2) is 55.0 Å². The van der Waals surface area contributed by atoms with Gasteiger partial charge in [-0.05, 0) is 43.2 Å². The number of nitrogens with zero attached hydrogens (tertiary/aromatic N) is 3. The average molecular weight is 414 g/mol. The molecule has 0 aliphatic carbocycles. The molecule has 7 nitrogen and oxygen atoms in total. The number of carbonyl (C=O) groups excluding carboxylic acids is 2. The number of amides is 1. The van der Waals surface area contributed by atoms with E-state index in [0.29, 0.717) is 29.0 Å². The van der Waals surface area contributed by atoms with Gasteiger partial charge in [0, 0.05) is 25.5 Å². The third kappa shape index (κ3) is 3.92. The van der Waals surface area contributed by atoms with Crippen LogP contribution in [0.5, 0.6) is 11.5 Å². The van der Waals surface area contributed by atoms with E-state index in [1.165, 1.54) is 0 Å². The molecule has 1 N–H and O–H groups in total. The van der Waals surface area contributed by atoms with E-state index in [2.05, 4.69) is 16.4 Å². The SMILES string of the molecule is Cn1cncc1C1(C)NC(=O)CCCC(=O)c2cccc(c2)Oc2cc1ccc2C#N. The number of imidazole rings is 1. The molecule has 0 saturated heterocycles. The Morgan fingerprint density at radius 1 is 1.19 bits per heavy atom. The number of benzene rings is 2. The molecule has 1 amide bonds. The van der Waals surface area contributed by atoms with E-state index in [1.54, 1.807) is 48.9 Å². The molecule has 156 valence electrons. The molecule has 2 aromatic carbocycles. The summed E-state index contributed by atoms with van der Waals surface area (Å²) >= 11 is 0. The maximum absolute atomic E-state index is 12.8. The molecule has 4 bridgehead atoms. The second kappa shape index (κ2) is 8.07. The van der Waals surface area contributed by atoms with E-state index in [-0.39, 0.29) is 24.5 Å². The lowest BCUT2D eigenvalue weighted by molar-refractivity contribution is -0.122. The van der Waals surface area contributed by atoms with E-state index in [4.69, 9.17) is 4.74 Å². The Morgan fingerprint density at radius 3 is 2.77 bits per heavy atom. The van der Waals surface area contributed by atoms with Gasteiger partial charge in [0.15, 0.2) is 5.78 Å². The highest BCUT2D eigenvalue weighted by Crippen LogP contribution is 2.35. The number of ether oxygens (including phenoxy) is 1. The molecular weight excluding hydrogens is 392 g/mol. The van der Waals surface area contributed by atoms with Gasteiger partial charge in [-0.25, -0.2) is 4.98 Å². The van der Waals surface area contributed by atoms with Crippen LogP contribution < -0.4 is 10.1 Å². The lowest BCUT2D eigenvalue weighted by atomic mass is 9.87. The first-order valence-electron chi connectivity index (χ1n) is 10.0. The summed E-state index contributed by atoms with van der Waals surface area (Å²) in [5.74, 6) is 0.597. The maximum Gasteiger partial charge on any atom is 0.221 e. The van der Waals surface area contributed by atoms with E-state index in [0.717, 1.165) is 11.3 Å². The number of carbonyl (C=O) groups is 2. The molecule has 0 saturated carbocycles. The van der Waals surface area contributed by atoms with Crippen molar-refractivity contribution in [2.75, 3.05) is 0 Å². The number of aryl methyl sites for hydroxylation is 1. The molecule has 1 atom stereocenters. The summed E-state index contributed by atoms with van der Waals surface area (Å²) in [7, 11) is 1.86. The van der Waals surface area contributed by atoms with Crippen LogP contribution in [0.1, 0.15) is 53.4 Å². The molecule has 7 heteroatoms. The van der Waals surface area contributed by atoms with Crippen LogP contribution in [-0.2, 0) is 17.4 Å². The minimum Gasteiger partial charge on any atom is -0.456 e. The smallest absolute Gasteiger partial charge is 0.221 e. The molecule has 0 fully saturated rings. The minimum atomic E-state index is -0.912. The zero-order valence-electron chi connectivity index (χ0n) is 17.4. The second-order valence-corrected chi connectivity index (χ2v) is 7.79. The molecule has 1 aromatic heterocycles. The maximum atomic E-state index is 12.8. The zero-order valence-corrected chi connectivity index (χ0v) is 17.4. The van der Waals surface area contributed by atoms with Crippen LogP contribution in [0.4, 0.5) is 0 Å². The topological polar surface area (TPSA) is 97.0 Å². The van der Waals surface area contributed by atoms with Gasteiger partial charge in [0.25, 0.3) is 0 Å². The number of aromatic nitrogens is 2. The van der Waals surface area contributed by atoms with Crippen LogP contribution in [0, 0.1) is 11.3 Å². The fraction of sp³-hybridized carbons (Fsp3) is 0.250. The number of fused-ring (bicyclic) bond motifs is 4. The summed E-state index contributed by atoms with van der Waals surface area (Å²) in [6.45, 7) is 1.89. The van der Waals surface area contributed by atoms with Gasteiger partial charge in [0.1, 0.15) is 23.1 Å². The molecule has 3 aromatic rings. The predicted octanol–water partition coefficient (Wildman–Crippen LogP) is 3.83. The summed E-state index contributed by atoms with van der Waals surface area (Å²) in [6.07, 6.45) is 4.29. The number of Topliss-reactive ketones (excluding diaryl/α,β-unsaturated/α-hetero) is 1. The molecular formula is C24H22N4O3. The summed E-state index contributed by atoms with van der Waals surface area (Å²) < 4.78 is 7.87. The highest BCUT2D eigenvalue weighted by molar-refractivity contribution is 5.96. The first-order chi connectivity index (χ1) is 14.9. The quantitative estimate of drug-likeness (QED) is 0.653. The molecule has 31 heavy (non-hydrogen) atoms. The molecule has 1 unspecified atom stereocenters. The van der Waals surface area contributed by atoms with Crippen LogP contribution >= 0.6 is 0 Å². The van der Waals surface area contributed by atoms with Crippen LogP contribution in [-0.4, -0.2) is 21.2 Å². The number of nitrogens with one attached hydrogen (secondary N) is 1. The van der Waals surface area contributed by atoms with Crippen LogP contribution in [0.25, 0.3) is 0 Å². The van der Waals surface area contributed by atoms with Crippen molar-refractivity contribution >= 4 is 11.7 Å². The highest BCUT2D eigenvalue weighted by atomic mass is 16.5. The molecule has 1 aliphatic heterocycles. The molecule has 0 radical (unpaired) electrons. The van der Waals surface area contributed by atoms with E-state index < -0.39 is 5.54 Å². The van der Waals surface area contributed by atoms with Gasteiger partial charge in [-0.1, -0.05) is 18.2 Å². The largest absolute Gasteiger partial charge is 0.456 e. The Bertz CT molecular complexity index is 1210. The van der Waals surface area contributed by atoms with Crippen molar-refractivity contribution in [3.05, 3.63) is 77.4 Å². The van der Waals surface area contributed by atoms with E-state index >= 15 is 0 Å².